The Morgan fingerprint density at radius 3 is 2.64 bits per heavy atom. The lowest BCUT2D eigenvalue weighted by Crippen LogP contribution is -2.43. The fraction of sp³-hybridized carbons (Fsp3) is 0.278. The first-order valence-electron chi connectivity index (χ1n) is 8.09. The Hall–Kier alpha value is -2.25. The summed E-state index contributed by atoms with van der Waals surface area (Å²) >= 11 is 0. The number of sulfonamides is 1. The van der Waals surface area contributed by atoms with Crippen molar-refractivity contribution in [2.75, 3.05) is 13.1 Å². The number of carbonyl (C=O) groups excluding carboxylic acids is 1. The lowest BCUT2D eigenvalue weighted by atomic mass is 10.2. The molecule has 1 saturated heterocycles. The summed E-state index contributed by atoms with van der Waals surface area (Å²) in [4.78, 5) is 12.4. The molecule has 0 aliphatic carbocycles. The van der Waals surface area contributed by atoms with Crippen molar-refractivity contribution in [2.45, 2.75) is 23.8 Å². The maximum Gasteiger partial charge on any atom is 0.251 e. The lowest BCUT2D eigenvalue weighted by Gasteiger charge is -2.24. The van der Waals surface area contributed by atoms with Crippen LogP contribution in [0.5, 0.6) is 0 Å². The molecule has 0 radical (unpaired) electrons. The highest BCUT2D eigenvalue weighted by atomic mass is 32.2. The van der Waals surface area contributed by atoms with Crippen LogP contribution in [0.15, 0.2) is 59.5 Å². The molecule has 1 N–H and O–H groups in total. The van der Waals surface area contributed by atoms with Gasteiger partial charge in [0.2, 0.25) is 10.0 Å². The first-order chi connectivity index (χ1) is 12.0. The first kappa shape index (κ1) is 17.6. The second-order valence-corrected chi connectivity index (χ2v) is 7.84. The zero-order valence-electron chi connectivity index (χ0n) is 13.6. The van der Waals surface area contributed by atoms with Crippen LogP contribution in [0.1, 0.15) is 23.2 Å². The van der Waals surface area contributed by atoms with E-state index in [9.17, 15) is 17.6 Å². The summed E-state index contributed by atoms with van der Waals surface area (Å²) < 4.78 is 40.2. The topological polar surface area (TPSA) is 66.5 Å². The first-order valence-corrected chi connectivity index (χ1v) is 9.53. The summed E-state index contributed by atoms with van der Waals surface area (Å²) in [5, 5.41) is 2.71. The molecule has 1 aliphatic heterocycles. The molecule has 3 rings (SSSR count). The Morgan fingerprint density at radius 2 is 1.92 bits per heavy atom. The van der Waals surface area contributed by atoms with E-state index in [0.29, 0.717) is 13.0 Å². The van der Waals surface area contributed by atoms with Gasteiger partial charge in [-0.25, -0.2) is 12.8 Å². The van der Waals surface area contributed by atoms with Gasteiger partial charge in [-0.05, 0) is 43.2 Å². The summed E-state index contributed by atoms with van der Waals surface area (Å²) in [7, 11) is -3.59. The van der Waals surface area contributed by atoms with Crippen LogP contribution < -0.4 is 5.32 Å². The van der Waals surface area contributed by atoms with Gasteiger partial charge in [0.15, 0.2) is 0 Å². The van der Waals surface area contributed by atoms with Gasteiger partial charge in [0.1, 0.15) is 5.82 Å². The number of hydrogen-bond donors (Lipinski definition) is 1. The summed E-state index contributed by atoms with van der Waals surface area (Å²) in [6.45, 7) is 0.624. The maximum absolute atomic E-state index is 13.2. The highest BCUT2D eigenvalue weighted by Gasteiger charge is 2.35. The van der Waals surface area contributed by atoms with Gasteiger partial charge >= 0.3 is 0 Å². The van der Waals surface area contributed by atoms with Crippen molar-refractivity contribution >= 4 is 15.9 Å². The monoisotopic (exact) mass is 362 g/mol. The average Bonchev–Trinajstić information content (AvgIpc) is 3.10. The molecule has 0 bridgehead atoms. The number of nitrogens with one attached hydrogen (secondary N) is 1. The van der Waals surface area contributed by atoms with Crippen LogP contribution in [0, 0.1) is 5.82 Å². The van der Waals surface area contributed by atoms with E-state index in [2.05, 4.69) is 5.32 Å². The van der Waals surface area contributed by atoms with E-state index < -0.39 is 21.7 Å². The van der Waals surface area contributed by atoms with Gasteiger partial charge in [-0.3, -0.25) is 4.79 Å². The Balaban J connectivity index is 1.69. The Labute approximate surface area is 146 Å². The van der Waals surface area contributed by atoms with Gasteiger partial charge in [-0.15, -0.1) is 0 Å². The number of halogens is 1. The number of rotatable bonds is 5. The molecule has 5 nitrogen and oxygen atoms in total. The van der Waals surface area contributed by atoms with Gasteiger partial charge < -0.3 is 5.32 Å². The summed E-state index contributed by atoms with van der Waals surface area (Å²) in [6, 6.07) is 13.4. The second kappa shape index (κ2) is 7.33. The minimum absolute atomic E-state index is 0.196. The fourth-order valence-corrected chi connectivity index (χ4v) is 4.71. The third-order valence-electron chi connectivity index (χ3n) is 4.26. The van der Waals surface area contributed by atoms with Gasteiger partial charge in [-0.1, -0.05) is 24.3 Å². The van der Waals surface area contributed by atoms with Crippen molar-refractivity contribution in [3.05, 3.63) is 66.0 Å². The Kier molecular flexibility index (Phi) is 5.15. The standard InChI is InChI=1S/C18H19FN2O3S/c19-15-7-4-6-14(12-15)18(22)20-13-16-8-5-11-21(16)25(23,24)17-9-2-1-3-10-17/h1-4,6-7,9-10,12,16H,5,8,11,13H2,(H,20,22). The number of benzene rings is 2. The van der Waals surface area contributed by atoms with Crippen LogP contribution in [0.4, 0.5) is 4.39 Å². The predicted molar refractivity (Wildman–Crippen MR) is 92.1 cm³/mol. The molecule has 132 valence electrons. The highest BCUT2D eigenvalue weighted by Crippen LogP contribution is 2.25. The van der Waals surface area contributed by atoms with Crippen LogP contribution in [0.25, 0.3) is 0 Å². The molecule has 25 heavy (non-hydrogen) atoms. The van der Waals surface area contributed by atoms with Gasteiger partial charge in [0.25, 0.3) is 5.91 Å². The maximum atomic E-state index is 13.2. The van der Waals surface area contributed by atoms with Crippen molar-refractivity contribution in [1.29, 1.82) is 0 Å². The second-order valence-electron chi connectivity index (χ2n) is 5.95. The molecule has 1 heterocycles. The van der Waals surface area contributed by atoms with Crippen LogP contribution in [0.2, 0.25) is 0 Å². The molecule has 7 heteroatoms. The van der Waals surface area contributed by atoms with Crippen molar-refractivity contribution in [3.8, 4) is 0 Å². The molecule has 0 saturated carbocycles. The van der Waals surface area contributed by atoms with E-state index in [1.807, 2.05) is 0 Å². The van der Waals surface area contributed by atoms with Gasteiger partial charge in [0, 0.05) is 24.7 Å². The Morgan fingerprint density at radius 1 is 1.16 bits per heavy atom. The van der Waals surface area contributed by atoms with E-state index in [4.69, 9.17) is 0 Å². The molecule has 1 atom stereocenters. The smallest absolute Gasteiger partial charge is 0.251 e. The summed E-state index contributed by atoms with van der Waals surface area (Å²) in [5.41, 5.74) is 0.218. The number of carbonyl (C=O) groups is 1. The SMILES string of the molecule is O=C(NCC1CCCN1S(=O)(=O)c1ccccc1)c1cccc(F)c1. The van der Waals surface area contributed by atoms with Crippen LogP contribution in [-0.2, 0) is 10.0 Å². The van der Waals surface area contributed by atoms with E-state index >= 15 is 0 Å². The molecular formula is C18H19FN2O3S. The molecule has 0 aromatic heterocycles. The number of nitrogens with zero attached hydrogens (tertiary/aromatic N) is 1. The number of hydrogen-bond acceptors (Lipinski definition) is 3. The average molecular weight is 362 g/mol. The van der Waals surface area contributed by atoms with Gasteiger partial charge in [-0.2, -0.15) is 4.31 Å². The lowest BCUT2D eigenvalue weighted by molar-refractivity contribution is 0.0946. The van der Waals surface area contributed by atoms with E-state index in [1.165, 1.54) is 22.5 Å². The van der Waals surface area contributed by atoms with Crippen molar-refractivity contribution in [3.63, 3.8) is 0 Å². The zero-order valence-corrected chi connectivity index (χ0v) is 14.4. The largest absolute Gasteiger partial charge is 0.350 e. The van der Waals surface area contributed by atoms with Crippen molar-refractivity contribution < 1.29 is 17.6 Å². The van der Waals surface area contributed by atoms with Gasteiger partial charge in [0.05, 0.1) is 4.90 Å². The molecule has 2 aromatic carbocycles. The van der Waals surface area contributed by atoms with Crippen molar-refractivity contribution in [2.24, 2.45) is 0 Å². The van der Waals surface area contributed by atoms with Crippen LogP contribution >= 0.6 is 0 Å². The molecule has 0 spiro atoms. The van der Waals surface area contributed by atoms with E-state index in [0.717, 1.165) is 12.5 Å². The summed E-state index contributed by atoms with van der Waals surface area (Å²) in [6.07, 6.45) is 1.42. The van der Waals surface area contributed by atoms with Crippen LogP contribution in [0.3, 0.4) is 0 Å². The molecule has 1 fully saturated rings. The van der Waals surface area contributed by atoms with Crippen molar-refractivity contribution in [1.82, 2.24) is 9.62 Å². The molecule has 1 unspecified atom stereocenters. The summed E-state index contributed by atoms with van der Waals surface area (Å²) in [5.74, 6) is -0.898. The third-order valence-corrected chi connectivity index (χ3v) is 6.22. The van der Waals surface area contributed by atoms with Crippen LogP contribution in [-0.4, -0.2) is 37.8 Å². The molecule has 1 amide bonds. The van der Waals surface area contributed by atoms with E-state index in [1.54, 1.807) is 30.3 Å². The highest BCUT2D eigenvalue weighted by molar-refractivity contribution is 7.89. The fourth-order valence-electron chi connectivity index (χ4n) is 3.00. The zero-order chi connectivity index (χ0) is 17.9. The van der Waals surface area contributed by atoms with E-state index in [-0.39, 0.29) is 23.0 Å². The minimum Gasteiger partial charge on any atom is -0.350 e. The molecular weight excluding hydrogens is 343 g/mol. The minimum atomic E-state index is -3.59. The predicted octanol–water partition coefficient (Wildman–Crippen LogP) is 2.41. The Bertz CT molecular complexity index is 856. The third kappa shape index (κ3) is 3.88. The normalized spacial score (nSPS) is 18.2. The quantitative estimate of drug-likeness (QED) is 0.888. The molecule has 1 aliphatic rings. The number of amides is 1. The molecule has 2 aromatic rings.